The van der Waals surface area contributed by atoms with Gasteiger partial charge in [0.2, 0.25) is 0 Å². The first-order valence-corrected chi connectivity index (χ1v) is 6.09. The van der Waals surface area contributed by atoms with Gasteiger partial charge in [0.15, 0.2) is 0 Å². The van der Waals surface area contributed by atoms with Crippen LogP contribution in [0.1, 0.15) is 11.1 Å². The first kappa shape index (κ1) is 11.2. The number of rotatable bonds is 3. The Kier molecular flexibility index (Phi) is 3.62. The molecule has 0 aromatic heterocycles. The molecule has 82 valence electrons. The zero-order chi connectivity index (χ0) is 11.4. The van der Waals surface area contributed by atoms with Crippen LogP contribution in [-0.2, 0) is 6.54 Å². The SMILES string of the molecule is Cc1ccc(CNc2ccccc2)cc1Br. The molecule has 0 aliphatic carbocycles. The Bertz CT molecular complexity index is 465. The van der Waals surface area contributed by atoms with E-state index in [4.69, 9.17) is 0 Å². The summed E-state index contributed by atoms with van der Waals surface area (Å²) in [6.45, 7) is 2.95. The van der Waals surface area contributed by atoms with Gasteiger partial charge in [0, 0.05) is 16.7 Å². The van der Waals surface area contributed by atoms with Crippen molar-refractivity contribution < 1.29 is 0 Å². The molecule has 0 bridgehead atoms. The van der Waals surface area contributed by atoms with E-state index < -0.39 is 0 Å². The van der Waals surface area contributed by atoms with Crippen LogP contribution in [0.3, 0.4) is 0 Å². The number of para-hydroxylation sites is 1. The van der Waals surface area contributed by atoms with Crippen molar-refractivity contribution in [3.05, 3.63) is 64.1 Å². The highest BCUT2D eigenvalue weighted by molar-refractivity contribution is 9.10. The van der Waals surface area contributed by atoms with E-state index in [1.807, 2.05) is 18.2 Å². The lowest BCUT2D eigenvalue weighted by molar-refractivity contribution is 1.14. The Morgan fingerprint density at radius 1 is 1.06 bits per heavy atom. The van der Waals surface area contributed by atoms with Crippen LogP contribution in [0, 0.1) is 6.92 Å². The fraction of sp³-hybridized carbons (Fsp3) is 0.143. The summed E-state index contributed by atoms with van der Waals surface area (Å²) in [7, 11) is 0. The molecular formula is C14H14BrN. The van der Waals surface area contributed by atoms with Gasteiger partial charge in [-0.1, -0.05) is 46.3 Å². The fourth-order valence-corrected chi connectivity index (χ4v) is 1.93. The highest BCUT2D eigenvalue weighted by atomic mass is 79.9. The second-order valence-electron chi connectivity index (χ2n) is 3.80. The van der Waals surface area contributed by atoms with E-state index in [0.717, 1.165) is 12.2 Å². The van der Waals surface area contributed by atoms with Crippen molar-refractivity contribution in [3.8, 4) is 0 Å². The van der Waals surface area contributed by atoms with Gasteiger partial charge in [-0.2, -0.15) is 0 Å². The summed E-state index contributed by atoms with van der Waals surface area (Å²) in [5.74, 6) is 0. The summed E-state index contributed by atoms with van der Waals surface area (Å²) in [5.41, 5.74) is 3.70. The number of benzene rings is 2. The van der Waals surface area contributed by atoms with Crippen molar-refractivity contribution in [2.24, 2.45) is 0 Å². The maximum atomic E-state index is 3.54. The zero-order valence-electron chi connectivity index (χ0n) is 9.20. The molecule has 0 saturated heterocycles. The molecule has 0 heterocycles. The predicted octanol–water partition coefficient (Wildman–Crippen LogP) is 4.37. The summed E-state index contributed by atoms with van der Waals surface area (Å²) >= 11 is 3.54. The number of hydrogen-bond donors (Lipinski definition) is 1. The van der Waals surface area contributed by atoms with Crippen molar-refractivity contribution in [2.45, 2.75) is 13.5 Å². The second-order valence-corrected chi connectivity index (χ2v) is 4.66. The molecule has 0 aliphatic heterocycles. The number of hydrogen-bond acceptors (Lipinski definition) is 1. The minimum atomic E-state index is 0.850. The Labute approximate surface area is 105 Å². The van der Waals surface area contributed by atoms with E-state index >= 15 is 0 Å². The molecule has 0 spiro atoms. The van der Waals surface area contributed by atoms with Crippen LogP contribution in [0.25, 0.3) is 0 Å². The van der Waals surface area contributed by atoms with E-state index in [1.165, 1.54) is 15.6 Å². The van der Waals surface area contributed by atoms with Gasteiger partial charge in [0.25, 0.3) is 0 Å². The van der Waals surface area contributed by atoms with Crippen LogP contribution in [0.2, 0.25) is 0 Å². The average Bonchev–Trinajstić information content (AvgIpc) is 2.32. The molecular weight excluding hydrogens is 262 g/mol. The van der Waals surface area contributed by atoms with Crippen molar-refractivity contribution in [2.75, 3.05) is 5.32 Å². The third-order valence-electron chi connectivity index (χ3n) is 2.51. The van der Waals surface area contributed by atoms with E-state index in [9.17, 15) is 0 Å². The highest BCUT2D eigenvalue weighted by Gasteiger charge is 1.97. The monoisotopic (exact) mass is 275 g/mol. The van der Waals surface area contributed by atoms with Gasteiger partial charge in [0.1, 0.15) is 0 Å². The molecule has 0 saturated carbocycles. The summed E-state index contributed by atoms with van der Waals surface area (Å²) in [5, 5.41) is 3.39. The molecule has 16 heavy (non-hydrogen) atoms. The number of halogens is 1. The molecule has 1 nitrogen and oxygen atoms in total. The maximum Gasteiger partial charge on any atom is 0.0401 e. The van der Waals surface area contributed by atoms with Crippen molar-refractivity contribution in [1.82, 2.24) is 0 Å². The van der Waals surface area contributed by atoms with Crippen LogP contribution in [0.5, 0.6) is 0 Å². The predicted molar refractivity (Wildman–Crippen MR) is 72.6 cm³/mol. The molecule has 0 radical (unpaired) electrons. The molecule has 2 aromatic rings. The number of anilines is 1. The van der Waals surface area contributed by atoms with Crippen LogP contribution in [-0.4, -0.2) is 0 Å². The summed E-state index contributed by atoms with van der Waals surface area (Å²) in [6.07, 6.45) is 0. The minimum Gasteiger partial charge on any atom is -0.381 e. The van der Waals surface area contributed by atoms with Gasteiger partial charge in [-0.05, 0) is 36.2 Å². The first-order chi connectivity index (χ1) is 7.75. The fourth-order valence-electron chi connectivity index (χ4n) is 1.51. The highest BCUT2D eigenvalue weighted by Crippen LogP contribution is 2.18. The molecule has 0 fully saturated rings. The Morgan fingerprint density at radius 2 is 1.81 bits per heavy atom. The largest absolute Gasteiger partial charge is 0.381 e. The Morgan fingerprint density at radius 3 is 2.50 bits per heavy atom. The van der Waals surface area contributed by atoms with E-state index in [0.29, 0.717) is 0 Å². The van der Waals surface area contributed by atoms with Gasteiger partial charge in [-0.15, -0.1) is 0 Å². The molecule has 0 atom stereocenters. The minimum absolute atomic E-state index is 0.850. The summed E-state index contributed by atoms with van der Waals surface area (Å²) in [6, 6.07) is 16.7. The molecule has 2 heteroatoms. The van der Waals surface area contributed by atoms with Gasteiger partial charge >= 0.3 is 0 Å². The molecule has 1 N–H and O–H groups in total. The lowest BCUT2D eigenvalue weighted by atomic mass is 10.1. The lowest BCUT2D eigenvalue weighted by Crippen LogP contribution is -1.99. The van der Waals surface area contributed by atoms with Crippen LogP contribution < -0.4 is 5.32 Å². The van der Waals surface area contributed by atoms with Crippen LogP contribution in [0.15, 0.2) is 53.0 Å². The lowest BCUT2D eigenvalue weighted by Gasteiger charge is -2.07. The normalized spacial score (nSPS) is 10.1. The number of nitrogens with one attached hydrogen (secondary N) is 1. The van der Waals surface area contributed by atoms with Crippen LogP contribution in [0.4, 0.5) is 5.69 Å². The van der Waals surface area contributed by atoms with E-state index in [1.54, 1.807) is 0 Å². The van der Waals surface area contributed by atoms with Crippen molar-refractivity contribution in [3.63, 3.8) is 0 Å². The third-order valence-corrected chi connectivity index (χ3v) is 3.36. The van der Waals surface area contributed by atoms with Crippen molar-refractivity contribution in [1.29, 1.82) is 0 Å². The first-order valence-electron chi connectivity index (χ1n) is 5.29. The van der Waals surface area contributed by atoms with Gasteiger partial charge in [-0.25, -0.2) is 0 Å². The average molecular weight is 276 g/mol. The van der Waals surface area contributed by atoms with Crippen LogP contribution >= 0.6 is 15.9 Å². The summed E-state index contributed by atoms with van der Waals surface area (Å²) < 4.78 is 1.17. The second kappa shape index (κ2) is 5.17. The molecule has 2 aromatic carbocycles. The standard InChI is InChI=1S/C14H14BrN/c1-11-7-8-12(9-14(11)15)10-16-13-5-3-2-4-6-13/h2-9,16H,10H2,1H3. The molecule has 0 aliphatic rings. The maximum absolute atomic E-state index is 3.54. The smallest absolute Gasteiger partial charge is 0.0401 e. The van der Waals surface area contributed by atoms with Gasteiger partial charge in [-0.3, -0.25) is 0 Å². The molecule has 0 amide bonds. The Balaban J connectivity index is 2.03. The quantitative estimate of drug-likeness (QED) is 0.877. The van der Waals surface area contributed by atoms with Crippen molar-refractivity contribution >= 4 is 21.6 Å². The van der Waals surface area contributed by atoms with E-state index in [2.05, 4.69) is 58.5 Å². The molecule has 2 rings (SSSR count). The topological polar surface area (TPSA) is 12.0 Å². The van der Waals surface area contributed by atoms with E-state index in [-0.39, 0.29) is 0 Å². The Hall–Kier alpha value is -1.28. The summed E-state index contributed by atoms with van der Waals surface area (Å²) in [4.78, 5) is 0. The van der Waals surface area contributed by atoms with Gasteiger partial charge in [0.05, 0.1) is 0 Å². The zero-order valence-corrected chi connectivity index (χ0v) is 10.8. The third kappa shape index (κ3) is 2.86. The number of aryl methyl sites for hydroxylation is 1. The molecule has 0 unspecified atom stereocenters. The van der Waals surface area contributed by atoms with Gasteiger partial charge < -0.3 is 5.32 Å².